The second-order valence-corrected chi connectivity index (χ2v) is 11.5. The highest BCUT2D eigenvalue weighted by atomic mass is 16.5. The summed E-state index contributed by atoms with van der Waals surface area (Å²) in [5.74, 6) is 1.48. The molecule has 0 heterocycles. The number of rotatable bonds is 6. The van der Waals surface area contributed by atoms with Crippen LogP contribution in [0.4, 0.5) is 11.4 Å². The Morgan fingerprint density at radius 3 is 1.19 bits per heavy atom. The maximum Gasteiger partial charge on any atom is 0.0726 e. The van der Waals surface area contributed by atoms with Gasteiger partial charge in [0.15, 0.2) is 0 Å². The van der Waals surface area contributed by atoms with Gasteiger partial charge in [0, 0.05) is 0 Å². The predicted octanol–water partition coefficient (Wildman–Crippen LogP) is 8.89. The monoisotopic (exact) mass is 432 g/mol. The zero-order valence-electron chi connectivity index (χ0n) is 20.7. The molecule has 4 rings (SSSR count). The molecule has 0 atom stereocenters. The molecule has 0 spiro atoms. The van der Waals surface area contributed by atoms with Crippen molar-refractivity contribution in [3.8, 4) is 0 Å². The van der Waals surface area contributed by atoms with Gasteiger partial charge in [0.2, 0.25) is 0 Å². The third-order valence-electron chi connectivity index (χ3n) is 8.94. The minimum atomic E-state index is 0.166. The lowest BCUT2D eigenvalue weighted by molar-refractivity contribution is 0.196. The minimum Gasteiger partial charge on any atom is -0.188 e. The van der Waals surface area contributed by atoms with Gasteiger partial charge in [0.1, 0.15) is 0 Å². The van der Waals surface area contributed by atoms with Crippen molar-refractivity contribution in [1.29, 1.82) is 0 Å². The van der Waals surface area contributed by atoms with E-state index >= 15 is 0 Å². The Morgan fingerprint density at radius 2 is 0.875 bits per heavy atom. The van der Waals surface area contributed by atoms with Crippen LogP contribution in [0.5, 0.6) is 0 Å². The lowest BCUT2D eigenvalue weighted by atomic mass is 9.67. The summed E-state index contributed by atoms with van der Waals surface area (Å²) in [6.07, 6.45) is 13.5. The molecule has 2 aromatic rings. The van der Waals surface area contributed by atoms with Crippen LogP contribution in [0.15, 0.2) is 48.5 Å². The fraction of sp³-hybridized carbons (Fsp3) is 0.600. The van der Waals surface area contributed by atoms with Crippen molar-refractivity contribution >= 4 is 11.4 Å². The molecule has 2 fully saturated rings. The van der Waals surface area contributed by atoms with Crippen LogP contribution < -0.4 is 5.06 Å². The summed E-state index contributed by atoms with van der Waals surface area (Å²) < 4.78 is 0. The molecule has 2 aliphatic carbocycles. The Hall–Kier alpha value is -1.80. The number of hydrogen-bond donors (Lipinski definition) is 0. The Labute approximate surface area is 196 Å². The number of anilines is 2. The average molecular weight is 433 g/mol. The molecular weight excluding hydrogens is 390 g/mol. The molecule has 0 aromatic heterocycles. The molecule has 2 aromatic carbocycles. The van der Waals surface area contributed by atoms with Crippen molar-refractivity contribution in [3.05, 3.63) is 59.7 Å². The summed E-state index contributed by atoms with van der Waals surface area (Å²) in [5.41, 5.74) is 4.47. The van der Waals surface area contributed by atoms with Crippen molar-refractivity contribution in [2.75, 3.05) is 5.06 Å². The van der Waals surface area contributed by atoms with Crippen molar-refractivity contribution < 1.29 is 5.21 Å². The van der Waals surface area contributed by atoms with Crippen LogP contribution in [-0.2, 0) is 16.0 Å². The molecule has 0 amide bonds. The highest BCUT2D eigenvalue weighted by Gasteiger charge is 2.33. The number of benzene rings is 2. The second kappa shape index (κ2) is 9.59. The van der Waals surface area contributed by atoms with Gasteiger partial charge in [-0.3, -0.25) is 0 Å². The highest BCUT2D eigenvalue weighted by Crippen LogP contribution is 2.42. The van der Waals surface area contributed by atoms with Crippen molar-refractivity contribution in [2.24, 2.45) is 11.8 Å². The van der Waals surface area contributed by atoms with Crippen molar-refractivity contribution in [2.45, 2.75) is 103 Å². The molecule has 2 nitrogen and oxygen atoms in total. The van der Waals surface area contributed by atoms with E-state index in [0.29, 0.717) is 11.4 Å². The van der Waals surface area contributed by atoms with Crippen LogP contribution in [0.1, 0.15) is 103 Å². The van der Waals surface area contributed by atoms with E-state index in [1.807, 2.05) is 24.3 Å². The van der Waals surface area contributed by atoms with Crippen LogP contribution in [0.2, 0.25) is 0 Å². The summed E-state index contributed by atoms with van der Waals surface area (Å²) in [6, 6.07) is 16.7. The highest BCUT2D eigenvalue weighted by molar-refractivity contribution is 5.61. The van der Waals surface area contributed by atoms with Crippen LogP contribution in [0.3, 0.4) is 0 Å². The average Bonchev–Trinajstić information content (AvgIpc) is 2.85. The molecule has 0 N–H and O–H groups in total. The molecule has 173 valence electrons. The van der Waals surface area contributed by atoms with E-state index in [0.717, 1.165) is 16.9 Å². The van der Waals surface area contributed by atoms with Gasteiger partial charge < -0.3 is 0 Å². The first-order valence-corrected chi connectivity index (χ1v) is 13.0. The second-order valence-electron chi connectivity index (χ2n) is 11.5. The van der Waals surface area contributed by atoms with E-state index in [1.165, 1.54) is 75.3 Å². The SMILES string of the molecule is CC(C)(c1ccc(N([O])c2ccc(C(C)(C)C3CCCCC3)cc2)cc1)C1CCCCC1. The summed E-state index contributed by atoms with van der Waals surface area (Å²) in [7, 11) is 0. The number of nitrogens with zero attached hydrogens (tertiary/aromatic N) is 1. The summed E-state index contributed by atoms with van der Waals surface area (Å²) in [4.78, 5) is 0. The maximum absolute atomic E-state index is 13.1. The fourth-order valence-corrected chi connectivity index (χ4v) is 6.32. The van der Waals surface area contributed by atoms with Gasteiger partial charge in [0.25, 0.3) is 0 Å². The largest absolute Gasteiger partial charge is 0.188 e. The van der Waals surface area contributed by atoms with Gasteiger partial charge in [-0.05, 0) is 83.7 Å². The van der Waals surface area contributed by atoms with Crippen LogP contribution >= 0.6 is 0 Å². The molecule has 0 aliphatic heterocycles. The van der Waals surface area contributed by atoms with E-state index in [1.54, 1.807) is 0 Å². The van der Waals surface area contributed by atoms with Crippen LogP contribution in [0, 0.1) is 11.8 Å². The van der Waals surface area contributed by atoms with Gasteiger partial charge >= 0.3 is 0 Å². The maximum atomic E-state index is 13.1. The topological polar surface area (TPSA) is 23.1 Å². The lowest BCUT2D eigenvalue weighted by Gasteiger charge is -2.38. The fourth-order valence-electron chi connectivity index (χ4n) is 6.32. The Morgan fingerprint density at radius 1 is 0.562 bits per heavy atom. The summed E-state index contributed by atoms with van der Waals surface area (Å²) in [6.45, 7) is 9.50. The molecule has 2 aliphatic rings. The summed E-state index contributed by atoms with van der Waals surface area (Å²) in [5, 5.41) is 14.2. The molecule has 32 heavy (non-hydrogen) atoms. The molecule has 0 unspecified atom stereocenters. The van der Waals surface area contributed by atoms with Crippen molar-refractivity contribution in [1.82, 2.24) is 0 Å². The van der Waals surface area contributed by atoms with E-state index < -0.39 is 0 Å². The van der Waals surface area contributed by atoms with Gasteiger partial charge in [-0.25, -0.2) is 0 Å². The lowest BCUT2D eigenvalue weighted by Crippen LogP contribution is -2.30. The molecular formula is C30H42NO. The third kappa shape index (κ3) is 4.76. The molecule has 1 radical (unpaired) electrons. The van der Waals surface area contributed by atoms with Gasteiger partial charge in [-0.15, -0.1) is 0 Å². The summed E-state index contributed by atoms with van der Waals surface area (Å²) >= 11 is 0. The van der Waals surface area contributed by atoms with Gasteiger partial charge in [0.05, 0.1) is 11.4 Å². The first-order chi connectivity index (χ1) is 15.3. The smallest absolute Gasteiger partial charge is 0.0726 e. The zero-order chi connectivity index (χ0) is 22.8. The van der Waals surface area contributed by atoms with Gasteiger partial charge in [-0.1, -0.05) is 95.7 Å². The molecule has 0 saturated heterocycles. The molecule has 2 saturated carbocycles. The first kappa shape index (κ1) is 23.4. The van der Waals surface area contributed by atoms with E-state index in [9.17, 15) is 5.21 Å². The zero-order valence-corrected chi connectivity index (χ0v) is 20.7. The Kier molecular flexibility index (Phi) is 7.00. The Balaban J connectivity index is 1.46. The number of hydrogen-bond acceptors (Lipinski definition) is 1. The van der Waals surface area contributed by atoms with Crippen LogP contribution in [0.25, 0.3) is 0 Å². The predicted molar refractivity (Wildman–Crippen MR) is 135 cm³/mol. The normalized spacial score (nSPS) is 19.2. The standard InChI is InChI=1S/C30H42NO/c1-29(2,23-11-7-5-8-12-23)25-15-19-27(20-16-25)31(32)28-21-17-26(18-22-28)30(3,4)24-13-9-6-10-14-24/h15-24H,5-14H2,1-4H3. The minimum absolute atomic E-state index is 0.166. The van der Waals surface area contributed by atoms with E-state index in [-0.39, 0.29) is 10.8 Å². The van der Waals surface area contributed by atoms with Crippen molar-refractivity contribution in [3.63, 3.8) is 0 Å². The molecule has 0 bridgehead atoms. The Bertz CT molecular complexity index is 779. The molecule has 2 heteroatoms. The quantitative estimate of drug-likeness (QED) is 0.418. The third-order valence-corrected chi connectivity index (χ3v) is 8.94. The van der Waals surface area contributed by atoms with Gasteiger partial charge in [-0.2, -0.15) is 5.06 Å². The van der Waals surface area contributed by atoms with E-state index in [4.69, 9.17) is 0 Å². The van der Waals surface area contributed by atoms with E-state index in [2.05, 4.69) is 52.0 Å². The first-order valence-electron chi connectivity index (χ1n) is 13.0. The van der Waals surface area contributed by atoms with Crippen LogP contribution in [-0.4, -0.2) is 0 Å².